The quantitative estimate of drug-likeness (QED) is 0.185. The minimum absolute atomic E-state index is 0.0710. The van der Waals surface area contributed by atoms with Crippen LogP contribution < -0.4 is 14.8 Å². The van der Waals surface area contributed by atoms with Crippen molar-refractivity contribution in [3.63, 3.8) is 0 Å². The summed E-state index contributed by atoms with van der Waals surface area (Å²) in [6, 6.07) is 2.43. The van der Waals surface area contributed by atoms with Gasteiger partial charge >= 0.3 is 0 Å². The molecule has 0 fully saturated rings. The molecule has 0 saturated carbocycles. The van der Waals surface area contributed by atoms with E-state index in [-0.39, 0.29) is 25.5 Å². The first-order valence-corrected chi connectivity index (χ1v) is 13.3. The van der Waals surface area contributed by atoms with Crippen molar-refractivity contribution in [2.24, 2.45) is 5.92 Å². The maximum Gasteiger partial charge on any atom is 0.247 e. The monoisotopic (exact) mass is 628 g/mol. The van der Waals surface area contributed by atoms with Gasteiger partial charge in [0.05, 0.1) is 23.3 Å². The minimum atomic E-state index is -1.15. The van der Waals surface area contributed by atoms with Gasteiger partial charge in [0, 0.05) is 36.7 Å². The SMILES string of the molecule is COc1cc(C=O)cc(I)c1O[C@H]1C=C(C(=O)NCCO)C[C@@H](N(CCC(C)C)C(=O)C=C(C)C)[C@@H]1O. The number of allylic oxidation sites excluding steroid dienone is 1. The average Bonchev–Trinajstić information content (AvgIpc) is 2.84. The molecule has 0 aromatic heterocycles. The van der Waals surface area contributed by atoms with E-state index in [1.165, 1.54) is 19.3 Å². The Balaban J connectivity index is 2.54. The van der Waals surface area contributed by atoms with Crippen molar-refractivity contribution >= 4 is 40.7 Å². The molecule has 1 aromatic carbocycles. The van der Waals surface area contributed by atoms with E-state index >= 15 is 0 Å². The Morgan fingerprint density at radius 1 is 1.30 bits per heavy atom. The van der Waals surface area contributed by atoms with Crippen LogP contribution in [0.1, 0.15) is 50.9 Å². The Kier molecular flexibility index (Phi) is 12.1. The number of carbonyl (C=O) groups is 3. The second kappa shape index (κ2) is 14.5. The molecule has 204 valence electrons. The number of ether oxygens (including phenoxy) is 2. The van der Waals surface area contributed by atoms with Gasteiger partial charge in [-0.15, -0.1) is 0 Å². The number of hydrogen-bond acceptors (Lipinski definition) is 7. The van der Waals surface area contributed by atoms with E-state index < -0.39 is 24.2 Å². The molecule has 2 rings (SSSR count). The fourth-order valence-corrected chi connectivity index (χ4v) is 4.76. The van der Waals surface area contributed by atoms with Crippen molar-refractivity contribution in [3.05, 3.63) is 44.6 Å². The number of benzene rings is 1. The first-order valence-electron chi connectivity index (χ1n) is 12.2. The molecule has 0 unspecified atom stereocenters. The number of aliphatic hydroxyl groups excluding tert-OH is 2. The highest BCUT2D eigenvalue weighted by Crippen LogP contribution is 2.37. The van der Waals surface area contributed by atoms with Crippen molar-refractivity contribution in [2.75, 3.05) is 26.8 Å². The zero-order valence-electron chi connectivity index (χ0n) is 22.0. The van der Waals surface area contributed by atoms with Crippen LogP contribution >= 0.6 is 22.6 Å². The minimum Gasteiger partial charge on any atom is -0.493 e. The van der Waals surface area contributed by atoms with Gasteiger partial charge in [-0.2, -0.15) is 0 Å². The molecule has 9 nitrogen and oxygen atoms in total. The van der Waals surface area contributed by atoms with E-state index in [4.69, 9.17) is 14.6 Å². The van der Waals surface area contributed by atoms with Gasteiger partial charge in [0.2, 0.25) is 11.8 Å². The molecule has 0 spiro atoms. The summed E-state index contributed by atoms with van der Waals surface area (Å²) in [5.74, 6) is 0.285. The second-order valence-electron chi connectivity index (χ2n) is 9.60. The van der Waals surface area contributed by atoms with Crippen molar-refractivity contribution < 1.29 is 34.1 Å². The Bertz CT molecular complexity index is 1030. The van der Waals surface area contributed by atoms with E-state index in [9.17, 15) is 19.5 Å². The van der Waals surface area contributed by atoms with Crippen molar-refractivity contribution in [1.82, 2.24) is 10.2 Å². The molecule has 0 radical (unpaired) electrons. The Labute approximate surface area is 232 Å². The number of amides is 2. The molecule has 0 heterocycles. The molecule has 0 bridgehead atoms. The normalized spacial score (nSPS) is 19.1. The zero-order chi connectivity index (χ0) is 27.7. The summed E-state index contributed by atoms with van der Waals surface area (Å²) in [5, 5.41) is 23.3. The number of methoxy groups -OCH3 is 1. The first kappa shape index (κ1) is 30.8. The fraction of sp³-hybridized carbons (Fsp3) is 0.519. The number of hydrogen-bond donors (Lipinski definition) is 3. The Morgan fingerprint density at radius 3 is 2.57 bits per heavy atom. The standard InChI is InChI=1S/C27H37IN2O7/c1-16(2)6-8-30(24(33)10-17(3)4)21-13-19(27(35)29-7-9-31)14-22(25(21)34)37-26-20(28)11-18(15-32)12-23(26)36-5/h10-12,14-16,21-22,25,31,34H,6-9,13H2,1-5H3,(H,29,35)/t21-,22+,25+/m1/s1. The van der Waals surface area contributed by atoms with Crippen LogP contribution in [-0.4, -0.2) is 78.3 Å². The summed E-state index contributed by atoms with van der Waals surface area (Å²) in [6.07, 6.45) is 2.47. The fourth-order valence-electron chi connectivity index (χ4n) is 4.00. The maximum atomic E-state index is 13.2. The molecule has 0 saturated heterocycles. The van der Waals surface area contributed by atoms with Gasteiger partial charge < -0.3 is 29.9 Å². The molecule has 1 aliphatic rings. The molecule has 1 aromatic rings. The third-order valence-corrected chi connectivity index (χ3v) is 6.70. The summed E-state index contributed by atoms with van der Waals surface area (Å²) >= 11 is 2.02. The lowest BCUT2D eigenvalue weighted by Crippen LogP contribution is -2.55. The number of halogens is 1. The molecule has 1 aliphatic carbocycles. The molecular formula is C27H37IN2O7. The number of aldehydes is 1. The highest BCUT2D eigenvalue weighted by Gasteiger charge is 2.40. The van der Waals surface area contributed by atoms with Crippen molar-refractivity contribution in [3.8, 4) is 11.5 Å². The molecule has 3 N–H and O–H groups in total. The van der Waals surface area contributed by atoms with Gasteiger partial charge in [-0.05, 0) is 67.0 Å². The van der Waals surface area contributed by atoms with Crippen molar-refractivity contribution in [1.29, 1.82) is 0 Å². The summed E-state index contributed by atoms with van der Waals surface area (Å²) in [4.78, 5) is 39.1. The van der Waals surface area contributed by atoms with Crippen LogP contribution in [0.15, 0.2) is 35.4 Å². The number of nitrogens with one attached hydrogen (secondary N) is 1. The molecule has 2 amide bonds. The van der Waals surface area contributed by atoms with Crippen molar-refractivity contribution in [2.45, 2.75) is 58.8 Å². The smallest absolute Gasteiger partial charge is 0.247 e. The van der Waals surface area contributed by atoms with Gasteiger partial charge in [-0.25, -0.2) is 0 Å². The van der Waals surface area contributed by atoms with E-state index in [1.807, 2.05) is 36.4 Å². The molecule has 3 atom stereocenters. The van der Waals surface area contributed by atoms with Crippen LogP contribution in [0.5, 0.6) is 11.5 Å². The lowest BCUT2D eigenvalue weighted by atomic mass is 9.87. The largest absolute Gasteiger partial charge is 0.493 e. The lowest BCUT2D eigenvalue weighted by molar-refractivity contribution is -0.133. The van der Waals surface area contributed by atoms with Gasteiger partial charge in [0.15, 0.2) is 11.5 Å². The Morgan fingerprint density at radius 2 is 2.00 bits per heavy atom. The van der Waals surface area contributed by atoms with Crippen LogP contribution in [-0.2, 0) is 9.59 Å². The third-order valence-electron chi connectivity index (χ3n) is 5.90. The lowest BCUT2D eigenvalue weighted by Gasteiger charge is -2.40. The topological polar surface area (TPSA) is 125 Å². The number of nitrogens with zero attached hydrogens (tertiary/aromatic N) is 1. The zero-order valence-corrected chi connectivity index (χ0v) is 24.2. The second-order valence-corrected chi connectivity index (χ2v) is 10.8. The van der Waals surface area contributed by atoms with Gasteiger partial charge in [-0.3, -0.25) is 14.4 Å². The van der Waals surface area contributed by atoms with Gasteiger partial charge in [0.25, 0.3) is 0 Å². The van der Waals surface area contributed by atoms with E-state index in [2.05, 4.69) is 19.2 Å². The van der Waals surface area contributed by atoms with Crippen LogP contribution in [0.25, 0.3) is 0 Å². The van der Waals surface area contributed by atoms with E-state index in [0.29, 0.717) is 51.4 Å². The molecule has 0 aliphatic heterocycles. The predicted molar refractivity (Wildman–Crippen MR) is 149 cm³/mol. The number of aliphatic hydroxyl groups is 2. The first-order chi connectivity index (χ1) is 17.5. The van der Waals surface area contributed by atoms with E-state index in [1.54, 1.807) is 17.0 Å². The summed E-state index contributed by atoms with van der Waals surface area (Å²) < 4.78 is 12.2. The summed E-state index contributed by atoms with van der Waals surface area (Å²) in [6.45, 7) is 8.01. The van der Waals surface area contributed by atoms with Crippen LogP contribution in [0.3, 0.4) is 0 Å². The summed E-state index contributed by atoms with van der Waals surface area (Å²) in [5.41, 5.74) is 1.57. The highest BCUT2D eigenvalue weighted by atomic mass is 127. The van der Waals surface area contributed by atoms with Gasteiger partial charge in [-0.1, -0.05) is 19.4 Å². The average molecular weight is 629 g/mol. The van der Waals surface area contributed by atoms with Crippen LogP contribution in [0.4, 0.5) is 0 Å². The van der Waals surface area contributed by atoms with E-state index in [0.717, 1.165) is 5.57 Å². The Hall–Kier alpha value is -2.44. The molecular weight excluding hydrogens is 591 g/mol. The van der Waals surface area contributed by atoms with Crippen LogP contribution in [0, 0.1) is 9.49 Å². The molecule has 10 heteroatoms. The highest BCUT2D eigenvalue weighted by molar-refractivity contribution is 14.1. The summed E-state index contributed by atoms with van der Waals surface area (Å²) in [7, 11) is 1.45. The number of carbonyl (C=O) groups excluding carboxylic acids is 3. The van der Waals surface area contributed by atoms with Gasteiger partial charge in [0.1, 0.15) is 18.5 Å². The maximum absolute atomic E-state index is 13.2. The predicted octanol–water partition coefficient (Wildman–Crippen LogP) is 2.87. The third kappa shape index (κ3) is 8.54. The number of rotatable bonds is 12. The van der Waals surface area contributed by atoms with Crippen LogP contribution in [0.2, 0.25) is 0 Å². The molecule has 37 heavy (non-hydrogen) atoms.